The summed E-state index contributed by atoms with van der Waals surface area (Å²) in [6.07, 6.45) is 0.964. The highest BCUT2D eigenvalue weighted by Crippen LogP contribution is 2.80. The second-order valence-corrected chi connectivity index (χ2v) is 14.2. The van der Waals surface area contributed by atoms with Gasteiger partial charge in [0, 0.05) is 0 Å². The van der Waals surface area contributed by atoms with E-state index >= 15 is 0 Å². The van der Waals surface area contributed by atoms with Crippen molar-refractivity contribution in [3.05, 3.63) is 59.7 Å². The Labute approximate surface area is 200 Å². The summed E-state index contributed by atoms with van der Waals surface area (Å²) in [5, 5.41) is 0. The fourth-order valence-electron chi connectivity index (χ4n) is 8.57. The Morgan fingerprint density at radius 1 is 0.559 bits per heavy atom. The molecule has 8 atom stereocenters. The molecule has 5 fully saturated rings. The zero-order chi connectivity index (χ0) is 23.6. The normalized spacial score (nSPS) is 41.1. The van der Waals surface area contributed by atoms with Crippen LogP contribution in [0.4, 0.5) is 0 Å². The van der Waals surface area contributed by atoms with Crippen LogP contribution in [-0.4, -0.2) is 29.0 Å². The molecule has 2 aromatic carbocycles. The first-order chi connectivity index (χ1) is 16.2. The average Bonchev–Trinajstić information content (AvgIpc) is 3.41. The van der Waals surface area contributed by atoms with Gasteiger partial charge in [-0.1, -0.05) is 35.4 Å². The molecule has 0 amide bonds. The predicted octanol–water partition coefficient (Wildman–Crippen LogP) is 3.93. The zero-order valence-electron chi connectivity index (χ0n) is 19.1. The highest BCUT2D eigenvalue weighted by molar-refractivity contribution is 7.87. The molecule has 5 aliphatic carbocycles. The molecule has 4 unspecified atom stereocenters. The van der Waals surface area contributed by atoms with Crippen LogP contribution >= 0.6 is 0 Å². The first kappa shape index (κ1) is 21.5. The summed E-state index contributed by atoms with van der Waals surface area (Å²) in [7, 11) is -7.68. The van der Waals surface area contributed by atoms with Gasteiger partial charge in [-0.2, -0.15) is 16.8 Å². The topological polar surface area (TPSA) is 86.7 Å². The molecule has 0 saturated heterocycles. The standard InChI is InChI=1S/C26H28O6S2/c1-13-3-7-15(8-4-13)33(27,28)31-25-17-11-19-23-21(17)22-18(25)12-20(24(22)23)26(19)32-34(29,30)16-9-5-14(2)6-10-16/h3-10,17-26H,11-12H2,1-2H3/t17-,18-,19+,20+,21?,22?,23?,24?,25?,26?. The van der Waals surface area contributed by atoms with Gasteiger partial charge in [-0.3, -0.25) is 8.37 Å². The van der Waals surface area contributed by atoms with E-state index in [0.717, 1.165) is 24.0 Å². The van der Waals surface area contributed by atoms with E-state index in [1.165, 1.54) is 0 Å². The minimum Gasteiger partial charge on any atom is -0.262 e. The Bertz CT molecular complexity index is 1220. The third-order valence-electron chi connectivity index (χ3n) is 9.63. The molecule has 5 saturated carbocycles. The van der Waals surface area contributed by atoms with Crippen LogP contribution in [0, 0.1) is 61.2 Å². The molecule has 7 rings (SSSR count). The number of aryl methyl sites for hydroxylation is 2. The van der Waals surface area contributed by atoms with Crippen LogP contribution in [0.15, 0.2) is 58.3 Å². The fraction of sp³-hybridized carbons (Fsp3) is 0.538. The number of benzene rings is 2. The molecule has 0 bridgehead atoms. The summed E-state index contributed by atoms with van der Waals surface area (Å²) in [5.41, 5.74) is 2.00. The van der Waals surface area contributed by atoms with E-state index in [1.54, 1.807) is 48.5 Å². The average molecular weight is 501 g/mol. The molecule has 0 N–H and O–H groups in total. The lowest BCUT2D eigenvalue weighted by Gasteiger charge is -2.44. The van der Waals surface area contributed by atoms with E-state index in [0.29, 0.717) is 23.7 Å². The molecule has 180 valence electrons. The van der Waals surface area contributed by atoms with Crippen molar-refractivity contribution in [2.24, 2.45) is 47.3 Å². The van der Waals surface area contributed by atoms with E-state index in [1.807, 2.05) is 13.8 Å². The van der Waals surface area contributed by atoms with Gasteiger partial charge in [0.2, 0.25) is 0 Å². The molecule has 34 heavy (non-hydrogen) atoms. The lowest BCUT2D eigenvalue weighted by molar-refractivity contribution is 0.0202. The van der Waals surface area contributed by atoms with Crippen molar-refractivity contribution in [1.82, 2.24) is 0 Å². The molecule has 0 heterocycles. The zero-order valence-corrected chi connectivity index (χ0v) is 20.7. The fourth-order valence-corrected chi connectivity index (χ4v) is 10.9. The minimum atomic E-state index is -3.84. The molecule has 0 aromatic heterocycles. The second kappa shape index (κ2) is 6.93. The smallest absolute Gasteiger partial charge is 0.262 e. The van der Waals surface area contributed by atoms with Crippen molar-refractivity contribution in [2.45, 2.75) is 48.7 Å². The van der Waals surface area contributed by atoms with Gasteiger partial charge in [-0.25, -0.2) is 0 Å². The van der Waals surface area contributed by atoms with Crippen molar-refractivity contribution in [3.63, 3.8) is 0 Å². The van der Waals surface area contributed by atoms with E-state index in [-0.39, 0.29) is 45.7 Å². The Morgan fingerprint density at radius 2 is 0.853 bits per heavy atom. The number of hydrogen-bond donors (Lipinski definition) is 0. The van der Waals surface area contributed by atoms with Crippen molar-refractivity contribution < 1.29 is 25.2 Å². The maximum absolute atomic E-state index is 13.1. The molecular formula is C26H28O6S2. The quantitative estimate of drug-likeness (QED) is 0.559. The summed E-state index contributed by atoms with van der Waals surface area (Å²) in [6.45, 7) is 3.85. The van der Waals surface area contributed by atoms with Crippen LogP contribution in [0.3, 0.4) is 0 Å². The second-order valence-electron chi connectivity index (χ2n) is 11.1. The van der Waals surface area contributed by atoms with Crippen LogP contribution in [0.2, 0.25) is 0 Å². The van der Waals surface area contributed by atoms with Crippen LogP contribution in [-0.2, 0) is 28.6 Å². The van der Waals surface area contributed by atoms with Gasteiger partial charge in [0.15, 0.2) is 0 Å². The molecule has 0 radical (unpaired) electrons. The van der Waals surface area contributed by atoms with Crippen molar-refractivity contribution in [3.8, 4) is 0 Å². The van der Waals surface area contributed by atoms with E-state index < -0.39 is 20.2 Å². The van der Waals surface area contributed by atoms with Gasteiger partial charge in [-0.15, -0.1) is 0 Å². The molecule has 5 aliphatic rings. The van der Waals surface area contributed by atoms with Crippen LogP contribution in [0.1, 0.15) is 24.0 Å². The summed E-state index contributed by atoms with van der Waals surface area (Å²) >= 11 is 0. The Morgan fingerprint density at radius 3 is 1.15 bits per heavy atom. The Kier molecular flexibility index (Phi) is 4.39. The van der Waals surface area contributed by atoms with Crippen molar-refractivity contribution in [2.75, 3.05) is 0 Å². The molecule has 0 aliphatic heterocycles. The first-order valence-electron chi connectivity index (χ1n) is 12.2. The number of rotatable bonds is 6. The lowest BCUT2D eigenvalue weighted by Crippen LogP contribution is -2.41. The van der Waals surface area contributed by atoms with Gasteiger partial charge >= 0.3 is 0 Å². The van der Waals surface area contributed by atoms with E-state index in [9.17, 15) is 16.8 Å². The highest BCUT2D eigenvalue weighted by Gasteiger charge is 2.80. The Hall–Kier alpha value is -1.74. The third kappa shape index (κ3) is 2.80. The third-order valence-corrected chi connectivity index (χ3v) is 12.3. The van der Waals surface area contributed by atoms with Gasteiger partial charge in [0.25, 0.3) is 20.2 Å². The maximum atomic E-state index is 13.1. The van der Waals surface area contributed by atoms with Crippen LogP contribution in [0.25, 0.3) is 0 Å². The maximum Gasteiger partial charge on any atom is 0.297 e. The largest absolute Gasteiger partial charge is 0.297 e. The van der Waals surface area contributed by atoms with E-state index in [2.05, 4.69) is 0 Å². The summed E-state index contributed by atoms with van der Waals surface area (Å²) in [4.78, 5) is 0.411. The minimum absolute atomic E-state index is 0.163. The molecule has 6 nitrogen and oxygen atoms in total. The molecular weight excluding hydrogens is 472 g/mol. The van der Waals surface area contributed by atoms with Crippen LogP contribution < -0.4 is 0 Å². The van der Waals surface area contributed by atoms with Gasteiger partial charge in [-0.05, 0) is 98.3 Å². The predicted molar refractivity (Wildman–Crippen MR) is 124 cm³/mol. The van der Waals surface area contributed by atoms with Gasteiger partial charge < -0.3 is 0 Å². The molecule has 0 spiro atoms. The van der Waals surface area contributed by atoms with Gasteiger partial charge in [0.05, 0.1) is 22.0 Å². The summed E-state index contributed by atoms with van der Waals surface area (Å²) in [6, 6.07) is 13.6. The monoisotopic (exact) mass is 500 g/mol. The lowest BCUT2D eigenvalue weighted by atomic mass is 9.60. The SMILES string of the molecule is Cc1ccc(S(=O)(=O)OC2[C@@H]3C[C@H]4C5C3C3C5[C@H](C[C@H]32)C4OS(=O)(=O)c2ccc(C)cc2)cc1. The summed E-state index contributed by atoms with van der Waals surface area (Å²) < 4.78 is 64.3. The van der Waals surface area contributed by atoms with Crippen molar-refractivity contribution in [1.29, 1.82) is 0 Å². The summed E-state index contributed by atoms with van der Waals surface area (Å²) in [5.74, 6) is 2.43. The first-order valence-corrected chi connectivity index (χ1v) is 15.0. The molecule has 8 heteroatoms. The van der Waals surface area contributed by atoms with Crippen LogP contribution in [0.5, 0.6) is 0 Å². The number of hydrogen-bond acceptors (Lipinski definition) is 6. The molecule has 2 aromatic rings. The van der Waals surface area contributed by atoms with E-state index in [4.69, 9.17) is 8.37 Å². The van der Waals surface area contributed by atoms with Gasteiger partial charge in [0.1, 0.15) is 0 Å². The van der Waals surface area contributed by atoms with Crippen molar-refractivity contribution >= 4 is 20.2 Å². The highest BCUT2D eigenvalue weighted by atomic mass is 32.2. The Balaban J connectivity index is 1.15.